The minimum atomic E-state index is -0.870. The normalized spacial score (nSPS) is 18.7. The Hall–Kier alpha value is -2.73. The van der Waals surface area contributed by atoms with Crippen LogP contribution < -0.4 is 9.47 Å². The summed E-state index contributed by atoms with van der Waals surface area (Å²) in [6.45, 7) is 0. The van der Waals surface area contributed by atoms with Crippen molar-refractivity contribution >= 4 is 23.5 Å². The van der Waals surface area contributed by atoms with Crippen molar-refractivity contribution in [1.29, 1.82) is 0 Å². The lowest BCUT2D eigenvalue weighted by Gasteiger charge is -2.19. The molecule has 0 radical (unpaired) electrons. The number of halogens is 1. The lowest BCUT2D eigenvalue weighted by molar-refractivity contribution is -0.143. The zero-order valence-corrected chi connectivity index (χ0v) is 15.3. The second-order valence-corrected chi connectivity index (χ2v) is 5.94. The zero-order chi connectivity index (χ0) is 18.7. The number of methoxy groups -OCH3 is 3. The molecule has 26 heavy (non-hydrogen) atoms. The van der Waals surface area contributed by atoms with Crippen LogP contribution in [0.3, 0.4) is 0 Å². The quantitative estimate of drug-likeness (QED) is 0.749. The molecule has 0 N–H and O–H groups in total. The summed E-state index contributed by atoms with van der Waals surface area (Å²) in [5.74, 6) is 0.814. The van der Waals surface area contributed by atoms with Gasteiger partial charge in [-0.2, -0.15) is 0 Å². The van der Waals surface area contributed by atoms with E-state index in [-0.39, 0.29) is 0 Å². The molecule has 7 heteroatoms. The fourth-order valence-corrected chi connectivity index (χ4v) is 3.01. The minimum Gasteiger partial charge on any atom is -0.493 e. The SMILES string of the molecule is COC(=O)[C@H]1N=C(c2ccccc2)O[C@@H]1c1cc(OC)c(OC)cc1Cl. The highest BCUT2D eigenvalue weighted by Crippen LogP contribution is 2.41. The molecule has 1 heterocycles. The Kier molecular flexibility index (Phi) is 5.32. The van der Waals surface area contributed by atoms with Crippen molar-refractivity contribution in [2.24, 2.45) is 4.99 Å². The predicted molar refractivity (Wildman–Crippen MR) is 97.2 cm³/mol. The third-order valence-electron chi connectivity index (χ3n) is 4.05. The molecule has 6 nitrogen and oxygen atoms in total. The summed E-state index contributed by atoms with van der Waals surface area (Å²) >= 11 is 6.41. The van der Waals surface area contributed by atoms with Gasteiger partial charge in [0, 0.05) is 17.2 Å². The average molecular weight is 376 g/mol. The number of carbonyl (C=O) groups is 1. The molecule has 0 saturated carbocycles. The summed E-state index contributed by atoms with van der Waals surface area (Å²) in [5.41, 5.74) is 1.33. The molecule has 3 rings (SSSR count). The summed E-state index contributed by atoms with van der Waals surface area (Å²) in [7, 11) is 4.36. The van der Waals surface area contributed by atoms with Crippen LogP contribution in [0.2, 0.25) is 5.02 Å². The number of ether oxygens (including phenoxy) is 4. The van der Waals surface area contributed by atoms with E-state index in [4.69, 9.17) is 30.5 Å². The summed E-state index contributed by atoms with van der Waals surface area (Å²) in [6.07, 6.45) is -0.732. The third kappa shape index (κ3) is 3.32. The molecule has 2 aromatic rings. The molecule has 0 bridgehead atoms. The van der Waals surface area contributed by atoms with Gasteiger partial charge >= 0.3 is 5.97 Å². The van der Waals surface area contributed by atoms with Gasteiger partial charge in [-0.3, -0.25) is 0 Å². The number of benzene rings is 2. The van der Waals surface area contributed by atoms with Gasteiger partial charge in [0.2, 0.25) is 5.90 Å². The van der Waals surface area contributed by atoms with Crippen LogP contribution in [0, 0.1) is 0 Å². The van der Waals surface area contributed by atoms with E-state index in [1.54, 1.807) is 12.1 Å². The number of hydrogen-bond donors (Lipinski definition) is 0. The van der Waals surface area contributed by atoms with Crippen LogP contribution in [0.4, 0.5) is 0 Å². The molecule has 0 unspecified atom stereocenters. The highest BCUT2D eigenvalue weighted by atomic mass is 35.5. The molecule has 0 aromatic heterocycles. The van der Waals surface area contributed by atoms with Crippen molar-refractivity contribution < 1.29 is 23.7 Å². The fraction of sp³-hybridized carbons (Fsp3) is 0.263. The molecular formula is C19H18ClNO5. The Morgan fingerprint density at radius 3 is 2.35 bits per heavy atom. The molecule has 2 atom stereocenters. The van der Waals surface area contributed by atoms with Crippen LogP contribution in [0.15, 0.2) is 47.5 Å². The summed E-state index contributed by atoms with van der Waals surface area (Å²) in [5, 5.41) is 0.381. The maximum absolute atomic E-state index is 12.3. The molecule has 0 saturated heterocycles. The number of nitrogens with zero attached hydrogens (tertiary/aromatic N) is 1. The van der Waals surface area contributed by atoms with Crippen molar-refractivity contribution in [3.63, 3.8) is 0 Å². The molecule has 2 aromatic carbocycles. The van der Waals surface area contributed by atoms with Gasteiger partial charge in [-0.15, -0.1) is 0 Å². The maximum Gasteiger partial charge on any atom is 0.335 e. The first kappa shape index (κ1) is 18.1. The topological polar surface area (TPSA) is 66.4 Å². The summed E-state index contributed by atoms with van der Waals surface area (Å²) < 4.78 is 21.5. The fourth-order valence-electron chi connectivity index (χ4n) is 2.75. The minimum absolute atomic E-state index is 0.358. The number of rotatable bonds is 5. The van der Waals surface area contributed by atoms with Crippen molar-refractivity contribution in [2.45, 2.75) is 12.1 Å². The lowest BCUT2D eigenvalue weighted by Crippen LogP contribution is -2.25. The number of hydrogen-bond acceptors (Lipinski definition) is 6. The van der Waals surface area contributed by atoms with Gasteiger partial charge in [-0.05, 0) is 18.2 Å². The van der Waals surface area contributed by atoms with Gasteiger partial charge in [0.1, 0.15) is 0 Å². The van der Waals surface area contributed by atoms with Gasteiger partial charge in [-0.1, -0.05) is 29.8 Å². The number of esters is 1. The first-order valence-electron chi connectivity index (χ1n) is 7.88. The van der Waals surface area contributed by atoms with Crippen molar-refractivity contribution in [3.8, 4) is 11.5 Å². The van der Waals surface area contributed by atoms with Gasteiger partial charge in [0.15, 0.2) is 23.6 Å². The molecule has 0 spiro atoms. The highest BCUT2D eigenvalue weighted by Gasteiger charge is 2.40. The van der Waals surface area contributed by atoms with Crippen molar-refractivity contribution in [1.82, 2.24) is 0 Å². The maximum atomic E-state index is 12.3. The van der Waals surface area contributed by atoms with Crippen LogP contribution in [-0.4, -0.2) is 39.2 Å². The molecule has 1 aliphatic heterocycles. The largest absolute Gasteiger partial charge is 0.493 e. The first-order valence-corrected chi connectivity index (χ1v) is 8.26. The Balaban J connectivity index is 2.03. The first-order chi connectivity index (χ1) is 12.6. The second kappa shape index (κ2) is 7.66. The van der Waals surface area contributed by atoms with Crippen LogP contribution >= 0.6 is 11.6 Å². The van der Waals surface area contributed by atoms with Gasteiger partial charge in [-0.25, -0.2) is 9.79 Å². The summed E-state index contributed by atoms with van der Waals surface area (Å²) in [4.78, 5) is 16.7. The molecule has 0 fully saturated rings. The molecule has 1 aliphatic rings. The second-order valence-electron chi connectivity index (χ2n) is 5.54. The lowest BCUT2D eigenvalue weighted by atomic mass is 10.0. The standard InChI is InChI=1S/C19H18ClNO5/c1-23-14-9-12(13(20)10-15(14)24-2)17-16(19(22)25-3)21-18(26-17)11-7-5-4-6-8-11/h4-10,16-17H,1-3H3/t16-,17+/m0/s1. The molecular weight excluding hydrogens is 358 g/mol. The van der Waals surface area contributed by atoms with Crippen LogP contribution in [-0.2, 0) is 14.3 Å². The predicted octanol–water partition coefficient (Wildman–Crippen LogP) is 3.42. The van der Waals surface area contributed by atoms with E-state index in [9.17, 15) is 4.79 Å². The zero-order valence-electron chi connectivity index (χ0n) is 14.6. The van der Waals surface area contributed by atoms with E-state index >= 15 is 0 Å². The van der Waals surface area contributed by atoms with Gasteiger partial charge < -0.3 is 18.9 Å². The molecule has 136 valence electrons. The Morgan fingerprint density at radius 2 is 1.73 bits per heavy atom. The van der Waals surface area contributed by atoms with Crippen molar-refractivity contribution in [2.75, 3.05) is 21.3 Å². The van der Waals surface area contributed by atoms with E-state index in [0.29, 0.717) is 28.0 Å². The monoisotopic (exact) mass is 375 g/mol. The van der Waals surface area contributed by atoms with Gasteiger partial charge in [0.25, 0.3) is 0 Å². The summed E-state index contributed by atoms with van der Waals surface area (Å²) in [6, 6.07) is 11.8. The van der Waals surface area contributed by atoms with E-state index < -0.39 is 18.1 Å². The Labute approximate surface area is 156 Å². The van der Waals surface area contributed by atoms with Gasteiger partial charge in [0.05, 0.1) is 26.4 Å². The third-order valence-corrected chi connectivity index (χ3v) is 4.38. The van der Waals surface area contributed by atoms with E-state index in [2.05, 4.69) is 4.99 Å². The van der Waals surface area contributed by atoms with E-state index in [1.807, 2.05) is 30.3 Å². The van der Waals surface area contributed by atoms with Crippen LogP contribution in [0.5, 0.6) is 11.5 Å². The Bertz CT molecular complexity index is 837. The molecule has 0 amide bonds. The number of aliphatic imine (C=N–C) groups is 1. The molecule has 0 aliphatic carbocycles. The average Bonchev–Trinajstić information content (AvgIpc) is 3.12. The van der Waals surface area contributed by atoms with E-state index in [1.165, 1.54) is 21.3 Å². The highest BCUT2D eigenvalue weighted by molar-refractivity contribution is 6.31. The van der Waals surface area contributed by atoms with E-state index in [0.717, 1.165) is 5.56 Å². The van der Waals surface area contributed by atoms with Crippen LogP contribution in [0.1, 0.15) is 17.2 Å². The van der Waals surface area contributed by atoms with Crippen molar-refractivity contribution in [3.05, 3.63) is 58.6 Å². The smallest absolute Gasteiger partial charge is 0.335 e. The Morgan fingerprint density at radius 1 is 1.08 bits per heavy atom. The van der Waals surface area contributed by atoms with Crippen LogP contribution in [0.25, 0.3) is 0 Å². The number of carbonyl (C=O) groups excluding carboxylic acids is 1.